The summed E-state index contributed by atoms with van der Waals surface area (Å²) < 4.78 is 17.6. The van der Waals surface area contributed by atoms with Crippen LogP contribution in [0.4, 0.5) is 9.18 Å². The Balaban J connectivity index is 2.76. The number of nitrogens with zero attached hydrogens (tertiary/aromatic N) is 1. The Kier molecular flexibility index (Phi) is 6.95. The number of amides is 2. The fourth-order valence-corrected chi connectivity index (χ4v) is 1.62. The number of aliphatic imine (C=N–C) groups is 1. The van der Waals surface area contributed by atoms with Gasteiger partial charge in [0.25, 0.3) is 5.91 Å². The lowest BCUT2D eigenvalue weighted by Crippen LogP contribution is -2.22. The fourth-order valence-electron chi connectivity index (χ4n) is 1.62. The van der Waals surface area contributed by atoms with Crippen LogP contribution in [0.2, 0.25) is 0 Å². The van der Waals surface area contributed by atoms with Crippen molar-refractivity contribution in [1.82, 2.24) is 5.32 Å². The summed E-state index contributed by atoms with van der Waals surface area (Å²) in [5, 5.41) is 2.65. The van der Waals surface area contributed by atoms with E-state index in [9.17, 15) is 14.0 Å². The van der Waals surface area contributed by atoms with Gasteiger partial charge in [0.2, 0.25) is 0 Å². The molecular weight excluding hydrogens is 287 g/mol. The van der Waals surface area contributed by atoms with Crippen LogP contribution in [0.25, 0.3) is 0 Å². The van der Waals surface area contributed by atoms with Gasteiger partial charge in [-0.05, 0) is 50.6 Å². The van der Waals surface area contributed by atoms with Gasteiger partial charge >= 0.3 is 6.09 Å². The van der Waals surface area contributed by atoms with Crippen molar-refractivity contribution in [2.75, 3.05) is 6.61 Å². The lowest BCUT2D eigenvalue weighted by atomic mass is 10.2. The summed E-state index contributed by atoms with van der Waals surface area (Å²) in [6.07, 6.45) is 1.45. The highest BCUT2D eigenvalue weighted by Crippen LogP contribution is 2.04. The van der Waals surface area contributed by atoms with E-state index >= 15 is 0 Å². The molecule has 1 aromatic rings. The molecule has 0 aliphatic rings. The Morgan fingerprint density at radius 1 is 1.27 bits per heavy atom. The molecule has 0 aliphatic heterocycles. The number of rotatable bonds is 5. The van der Waals surface area contributed by atoms with Gasteiger partial charge in [-0.25, -0.2) is 9.18 Å². The lowest BCUT2D eigenvalue weighted by molar-refractivity contribution is 0.0966. The van der Waals surface area contributed by atoms with E-state index in [-0.39, 0.29) is 12.5 Å². The average Bonchev–Trinajstić information content (AvgIpc) is 2.47. The molecule has 1 N–H and O–H groups in total. The summed E-state index contributed by atoms with van der Waals surface area (Å²) in [7, 11) is 0. The Hall–Kier alpha value is -2.50. The van der Waals surface area contributed by atoms with Crippen LogP contribution in [0.5, 0.6) is 0 Å². The molecule has 0 bridgehead atoms. The number of carbonyl (C=O) groups excluding carboxylic acids is 2. The Morgan fingerprint density at radius 3 is 2.45 bits per heavy atom. The Bertz CT molecular complexity index is 592. The number of hydrogen-bond donors (Lipinski definition) is 1. The quantitative estimate of drug-likeness (QED) is 0.847. The third kappa shape index (κ3) is 5.87. The summed E-state index contributed by atoms with van der Waals surface area (Å²) in [5.74, 6) is -0.765. The first-order chi connectivity index (χ1) is 10.5. The van der Waals surface area contributed by atoms with Crippen molar-refractivity contribution >= 4 is 17.7 Å². The van der Waals surface area contributed by atoms with Gasteiger partial charge < -0.3 is 10.1 Å². The molecule has 0 heterocycles. The lowest BCUT2D eigenvalue weighted by Gasteiger charge is -2.06. The maximum atomic E-state index is 12.8. The van der Waals surface area contributed by atoms with Crippen molar-refractivity contribution in [2.45, 2.75) is 27.2 Å². The molecule has 2 amide bonds. The molecule has 0 saturated carbocycles. The van der Waals surface area contributed by atoms with Gasteiger partial charge in [0.15, 0.2) is 0 Å². The molecule has 6 heteroatoms. The van der Waals surface area contributed by atoms with Crippen LogP contribution in [0.1, 0.15) is 37.6 Å². The number of ether oxygens (including phenoxy) is 1. The van der Waals surface area contributed by atoms with E-state index in [1.54, 1.807) is 19.9 Å². The van der Waals surface area contributed by atoms with Gasteiger partial charge in [0.1, 0.15) is 5.82 Å². The first kappa shape index (κ1) is 17.6. The number of nitrogens with one attached hydrogen (secondary N) is 1. The van der Waals surface area contributed by atoms with E-state index < -0.39 is 11.9 Å². The van der Waals surface area contributed by atoms with Crippen LogP contribution in [-0.2, 0) is 4.74 Å². The monoisotopic (exact) mass is 306 g/mol. The molecule has 5 nitrogen and oxygen atoms in total. The minimum absolute atomic E-state index is 0.253. The van der Waals surface area contributed by atoms with E-state index in [1.807, 2.05) is 6.92 Å². The normalized spacial score (nSPS) is 12.0. The molecule has 118 valence electrons. The second kappa shape index (κ2) is 8.71. The zero-order chi connectivity index (χ0) is 16.5. The Labute approximate surface area is 128 Å². The number of halogens is 1. The van der Waals surface area contributed by atoms with Crippen molar-refractivity contribution in [3.05, 3.63) is 47.4 Å². The van der Waals surface area contributed by atoms with E-state index in [0.717, 1.165) is 0 Å². The van der Waals surface area contributed by atoms with Crippen LogP contribution in [0.15, 0.2) is 41.0 Å². The molecule has 0 aromatic heterocycles. The van der Waals surface area contributed by atoms with Crippen LogP contribution in [0, 0.1) is 5.82 Å². The molecule has 22 heavy (non-hydrogen) atoms. The number of benzene rings is 1. The highest BCUT2D eigenvalue weighted by atomic mass is 19.1. The molecule has 0 fully saturated rings. The zero-order valence-electron chi connectivity index (χ0n) is 12.9. The van der Waals surface area contributed by atoms with Crippen molar-refractivity contribution in [3.8, 4) is 0 Å². The SMILES string of the molecule is CCOC(=O)N=C(/C=C(\C)NC(=O)c1ccc(F)cc1)CC. The van der Waals surface area contributed by atoms with E-state index in [0.29, 0.717) is 23.4 Å². The van der Waals surface area contributed by atoms with Crippen molar-refractivity contribution in [2.24, 2.45) is 4.99 Å². The Morgan fingerprint density at radius 2 is 1.91 bits per heavy atom. The van der Waals surface area contributed by atoms with Crippen LogP contribution >= 0.6 is 0 Å². The zero-order valence-corrected chi connectivity index (χ0v) is 12.9. The number of hydrogen-bond acceptors (Lipinski definition) is 3. The minimum Gasteiger partial charge on any atom is -0.448 e. The predicted molar refractivity (Wildman–Crippen MR) is 82.4 cm³/mol. The van der Waals surface area contributed by atoms with E-state index in [4.69, 9.17) is 4.74 Å². The summed E-state index contributed by atoms with van der Waals surface area (Å²) in [6, 6.07) is 5.22. The minimum atomic E-state index is -0.659. The van der Waals surface area contributed by atoms with Gasteiger partial charge in [-0.3, -0.25) is 4.79 Å². The second-order valence-corrected chi connectivity index (χ2v) is 4.44. The molecule has 1 aromatic carbocycles. The molecular formula is C16H19FN2O3. The van der Waals surface area contributed by atoms with Crippen LogP contribution < -0.4 is 5.32 Å². The first-order valence-electron chi connectivity index (χ1n) is 6.95. The summed E-state index contributed by atoms with van der Waals surface area (Å²) in [4.78, 5) is 27.1. The summed E-state index contributed by atoms with van der Waals surface area (Å²) >= 11 is 0. The third-order valence-corrected chi connectivity index (χ3v) is 2.67. The van der Waals surface area contributed by atoms with Crippen LogP contribution in [0.3, 0.4) is 0 Å². The largest absolute Gasteiger partial charge is 0.448 e. The standard InChI is InChI=1S/C16H19FN2O3/c1-4-14(19-16(21)22-5-2)10-11(3)18-15(20)12-6-8-13(17)9-7-12/h6-10H,4-5H2,1-3H3,(H,18,20)/b11-10+,19-14?. The predicted octanol–water partition coefficient (Wildman–Crippen LogP) is 3.47. The molecule has 0 spiro atoms. The maximum Gasteiger partial charge on any atom is 0.433 e. The van der Waals surface area contributed by atoms with Crippen molar-refractivity contribution in [1.29, 1.82) is 0 Å². The fraction of sp³-hybridized carbons (Fsp3) is 0.312. The smallest absolute Gasteiger partial charge is 0.433 e. The molecule has 0 saturated heterocycles. The highest BCUT2D eigenvalue weighted by molar-refractivity contribution is 6.02. The number of carbonyl (C=O) groups is 2. The summed E-state index contributed by atoms with van der Waals surface area (Å²) in [5.41, 5.74) is 1.36. The molecule has 0 unspecified atom stereocenters. The van der Waals surface area contributed by atoms with Gasteiger partial charge in [0.05, 0.1) is 6.61 Å². The van der Waals surface area contributed by atoms with Crippen molar-refractivity contribution in [3.63, 3.8) is 0 Å². The van der Waals surface area contributed by atoms with Gasteiger partial charge in [0, 0.05) is 17.0 Å². The van der Waals surface area contributed by atoms with E-state index in [2.05, 4.69) is 10.3 Å². The van der Waals surface area contributed by atoms with Gasteiger partial charge in [-0.15, -0.1) is 0 Å². The molecule has 0 aliphatic carbocycles. The third-order valence-electron chi connectivity index (χ3n) is 2.67. The maximum absolute atomic E-state index is 12.8. The highest BCUT2D eigenvalue weighted by Gasteiger charge is 2.07. The summed E-state index contributed by atoms with van der Waals surface area (Å²) in [6.45, 7) is 5.47. The van der Waals surface area contributed by atoms with E-state index in [1.165, 1.54) is 24.3 Å². The van der Waals surface area contributed by atoms with Crippen LogP contribution in [-0.4, -0.2) is 24.3 Å². The molecule has 1 rings (SSSR count). The molecule has 0 atom stereocenters. The topological polar surface area (TPSA) is 67.8 Å². The first-order valence-corrected chi connectivity index (χ1v) is 6.95. The van der Waals surface area contributed by atoms with Crippen molar-refractivity contribution < 1.29 is 18.7 Å². The average molecular weight is 306 g/mol. The van der Waals surface area contributed by atoms with Gasteiger partial charge in [-0.2, -0.15) is 4.99 Å². The van der Waals surface area contributed by atoms with Gasteiger partial charge in [-0.1, -0.05) is 6.92 Å². The molecule has 0 radical (unpaired) electrons. The number of allylic oxidation sites excluding steroid dienone is 2. The second-order valence-electron chi connectivity index (χ2n) is 4.44.